The van der Waals surface area contributed by atoms with E-state index in [4.69, 9.17) is 14.4 Å². The lowest BCUT2D eigenvalue weighted by molar-refractivity contribution is -0.141. The van der Waals surface area contributed by atoms with Crippen molar-refractivity contribution in [1.29, 1.82) is 0 Å². The second kappa shape index (κ2) is 6.62. The summed E-state index contributed by atoms with van der Waals surface area (Å²) in [5.41, 5.74) is 1.45. The Hall–Kier alpha value is -2.67. The lowest BCUT2D eigenvalue weighted by Gasteiger charge is -2.31. The number of carboxylic acid groups (broad SMARTS) is 1. The van der Waals surface area contributed by atoms with Gasteiger partial charge in [-0.25, -0.2) is 0 Å². The molecule has 23 heavy (non-hydrogen) atoms. The third kappa shape index (κ3) is 3.57. The molecule has 0 saturated carbocycles. The number of hydrogen-bond acceptors (Lipinski definition) is 5. The lowest BCUT2D eigenvalue weighted by Crippen LogP contribution is -2.46. The van der Waals surface area contributed by atoms with Gasteiger partial charge in [-0.05, 0) is 0 Å². The second-order valence-corrected chi connectivity index (χ2v) is 5.28. The van der Waals surface area contributed by atoms with E-state index in [0.717, 1.165) is 5.56 Å². The quantitative estimate of drug-likeness (QED) is 0.922. The molecule has 7 heteroatoms. The Morgan fingerprint density at radius 1 is 1.30 bits per heavy atom. The predicted molar refractivity (Wildman–Crippen MR) is 79.8 cm³/mol. The van der Waals surface area contributed by atoms with E-state index < -0.39 is 12.1 Å². The van der Waals surface area contributed by atoms with Crippen molar-refractivity contribution in [3.8, 4) is 11.3 Å². The van der Waals surface area contributed by atoms with Crippen molar-refractivity contribution >= 4 is 11.9 Å². The molecular formula is C16H16N2O5. The summed E-state index contributed by atoms with van der Waals surface area (Å²) in [6, 6.07) is 11.0. The van der Waals surface area contributed by atoms with Crippen molar-refractivity contribution in [3.63, 3.8) is 0 Å². The molecule has 1 aromatic carbocycles. The van der Waals surface area contributed by atoms with Gasteiger partial charge in [0.2, 0.25) is 5.76 Å². The van der Waals surface area contributed by atoms with Crippen molar-refractivity contribution in [2.45, 2.75) is 12.5 Å². The highest BCUT2D eigenvalue weighted by Gasteiger charge is 2.28. The zero-order valence-corrected chi connectivity index (χ0v) is 12.3. The first-order valence-corrected chi connectivity index (χ1v) is 7.28. The summed E-state index contributed by atoms with van der Waals surface area (Å²) in [6.07, 6.45) is -0.628. The van der Waals surface area contributed by atoms with Crippen LogP contribution in [0, 0.1) is 0 Å². The first-order valence-electron chi connectivity index (χ1n) is 7.28. The molecule has 0 radical (unpaired) electrons. The number of rotatable bonds is 4. The highest BCUT2D eigenvalue weighted by molar-refractivity contribution is 5.92. The summed E-state index contributed by atoms with van der Waals surface area (Å²) in [4.78, 5) is 24.8. The fourth-order valence-corrected chi connectivity index (χ4v) is 2.50. The maximum absolute atomic E-state index is 12.5. The van der Waals surface area contributed by atoms with Gasteiger partial charge in [-0.1, -0.05) is 35.5 Å². The molecule has 1 fully saturated rings. The van der Waals surface area contributed by atoms with Crippen LogP contribution in [0.15, 0.2) is 40.9 Å². The topological polar surface area (TPSA) is 92.9 Å². The Morgan fingerprint density at radius 3 is 2.83 bits per heavy atom. The number of carbonyl (C=O) groups excluding carboxylic acids is 1. The van der Waals surface area contributed by atoms with Crippen LogP contribution in [0.4, 0.5) is 0 Å². The first kappa shape index (κ1) is 15.2. The molecule has 1 N–H and O–H groups in total. The minimum atomic E-state index is -0.949. The average molecular weight is 316 g/mol. The zero-order chi connectivity index (χ0) is 16.2. The highest BCUT2D eigenvalue weighted by Crippen LogP contribution is 2.20. The van der Waals surface area contributed by atoms with E-state index in [-0.39, 0.29) is 24.6 Å². The third-order valence-electron chi connectivity index (χ3n) is 3.62. The molecule has 120 valence electrons. The van der Waals surface area contributed by atoms with Crippen LogP contribution >= 0.6 is 0 Å². The SMILES string of the molecule is O=C(O)CC1CN(C(=O)c2cc(-c3ccccc3)no2)CCO1. The predicted octanol–water partition coefficient (Wildman–Crippen LogP) is 1.66. The number of morpholine rings is 1. The Labute approximate surface area is 132 Å². The smallest absolute Gasteiger partial charge is 0.306 e. The van der Waals surface area contributed by atoms with Gasteiger partial charge in [0.25, 0.3) is 5.91 Å². The molecule has 2 heterocycles. The van der Waals surface area contributed by atoms with E-state index >= 15 is 0 Å². The van der Waals surface area contributed by atoms with Crippen LogP contribution in [0.3, 0.4) is 0 Å². The fraction of sp³-hybridized carbons (Fsp3) is 0.312. The van der Waals surface area contributed by atoms with Crippen molar-refractivity contribution < 1.29 is 24.0 Å². The number of ether oxygens (including phenoxy) is 1. The van der Waals surface area contributed by atoms with Gasteiger partial charge >= 0.3 is 5.97 Å². The van der Waals surface area contributed by atoms with E-state index in [1.165, 1.54) is 4.90 Å². The molecule has 1 unspecified atom stereocenters. The van der Waals surface area contributed by atoms with Gasteiger partial charge in [0, 0.05) is 24.7 Å². The molecule has 0 bridgehead atoms. The average Bonchev–Trinajstić information content (AvgIpc) is 3.04. The van der Waals surface area contributed by atoms with Gasteiger partial charge in [0.15, 0.2) is 0 Å². The van der Waals surface area contributed by atoms with Crippen molar-refractivity contribution in [2.24, 2.45) is 0 Å². The molecule has 0 aliphatic carbocycles. The maximum Gasteiger partial charge on any atom is 0.306 e. The molecule has 0 spiro atoms. The van der Waals surface area contributed by atoms with Crippen molar-refractivity contribution in [1.82, 2.24) is 10.1 Å². The highest BCUT2D eigenvalue weighted by atomic mass is 16.5. The number of carboxylic acids is 1. The molecule has 1 aliphatic rings. The molecule has 1 aliphatic heterocycles. The number of aromatic nitrogens is 1. The van der Waals surface area contributed by atoms with E-state index in [1.807, 2.05) is 30.3 Å². The van der Waals surface area contributed by atoms with Crippen LogP contribution in [-0.2, 0) is 9.53 Å². The molecule has 1 aromatic heterocycles. The number of nitrogens with zero attached hydrogens (tertiary/aromatic N) is 2. The van der Waals surface area contributed by atoms with Gasteiger partial charge < -0.3 is 19.3 Å². The van der Waals surface area contributed by atoms with Gasteiger partial charge in [0.1, 0.15) is 5.69 Å². The number of hydrogen-bond donors (Lipinski definition) is 1. The number of carbonyl (C=O) groups is 2. The molecule has 1 saturated heterocycles. The van der Waals surface area contributed by atoms with Crippen LogP contribution < -0.4 is 0 Å². The van der Waals surface area contributed by atoms with Crippen LogP contribution in [0.5, 0.6) is 0 Å². The summed E-state index contributed by atoms with van der Waals surface area (Å²) in [6.45, 7) is 0.937. The Balaban J connectivity index is 1.71. The van der Waals surface area contributed by atoms with E-state index in [2.05, 4.69) is 5.16 Å². The standard InChI is InChI=1S/C16H16N2O5/c19-15(20)8-12-10-18(6-7-22-12)16(21)14-9-13(17-23-14)11-4-2-1-3-5-11/h1-5,9,12H,6-8,10H2,(H,19,20). The van der Waals surface area contributed by atoms with Gasteiger partial charge in [-0.15, -0.1) is 0 Å². The van der Waals surface area contributed by atoms with Crippen LogP contribution in [0.2, 0.25) is 0 Å². The molecular weight excluding hydrogens is 300 g/mol. The summed E-state index contributed by atoms with van der Waals surface area (Å²) < 4.78 is 10.5. The first-order chi connectivity index (χ1) is 11.1. The van der Waals surface area contributed by atoms with Gasteiger partial charge in [0.05, 0.1) is 19.1 Å². The third-order valence-corrected chi connectivity index (χ3v) is 3.62. The second-order valence-electron chi connectivity index (χ2n) is 5.28. The Morgan fingerprint density at radius 2 is 2.09 bits per heavy atom. The van der Waals surface area contributed by atoms with E-state index in [0.29, 0.717) is 18.8 Å². The fourth-order valence-electron chi connectivity index (χ4n) is 2.50. The van der Waals surface area contributed by atoms with Crippen LogP contribution in [0.25, 0.3) is 11.3 Å². The Bertz CT molecular complexity index is 698. The van der Waals surface area contributed by atoms with Gasteiger partial charge in [-0.3, -0.25) is 9.59 Å². The summed E-state index contributed by atoms with van der Waals surface area (Å²) in [5, 5.41) is 12.7. The van der Waals surface area contributed by atoms with Crippen LogP contribution in [-0.4, -0.2) is 52.8 Å². The normalized spacial score (nSPS) is 17.9. The maximum atomic E-state index is 12.5. The molecule has 7 nitrogen and oxygen atoms in total. The minimum Gasteiger partial charge on any atom is -0.481 e. The zero-order valence-electron chi connectivity index (χ0n) is 12.3. The lowest BCUT2D eigenvalue weighted by atomic mass is 10.1. The van der Waals surface area contributed by atoms with Crippen LogP contribution in [0.1, 0.15) is 17.0 Å². The van der Waals surface area contributed by atoms with Gasteiger partial charge in [-0.2, -0.15) is 0 Å². The summed E-state index contributed by atoms with van der Waals surface area (Å²) >= 11 is 0. The summed E-state index contributed by atoms with van der Waals surface area (Å²) in [7, 11) is 0. The van der Waals surface area contributed by atoms with E-state index in [1.54, 1.807) is 6.07 Å². The largest absolute Gasteiger partial charge is 0.481 e. The number of amides is 1. The molecule has 1 atom stereocenters. The molecule has 3 rings (SSSR count). The minimum absolute atomic E-state index is 0.130. The monoisotopic (exact) mass is 316 g/mol. The van der Waals surface area contributed by atoms with Crippen molar-refractivity contribution in [3.05, 3.63) is 42.2 Å². The summed E-state index contributed by atoms with van der Waals surface area (Å²) in [5.74, 6) is -1.12. The number of benzene rings is 1. The Kier molecular flexibility index (Phi) is 4.38. The molecule has 2 aromatic rings. The van der Waals surface area contributed by atoms with Crippen molar-refractivity contribution in [2.75, 3.05) is 19.7 Å². The number of aliphatic carboxylic acids is 1. The molecule has 1 amide bonds. The van der Waals surface area contributed by atoms with E-state index in [9.17, 15) is 9.59 Å².